The lowest BCUT2D eigenvalue weighted by molar-refractivity contribution is -0.383. The van der Waals surface area contributed by atoms with E-state index in [1.54, 1.807) is 31.3 Å². The van der Waals surface area contributed by atoms with Crippen molar-refractivity contribution >= 4 is 26.4 Å². The van der Waals surface area contributed by atoms with E-state index in [-0.39, 0.29) is 17.2 Å². The molecule has 0 aliphatic rings. The third-order valence-corrected chi connectivity index (χ3v) is 5.07. The van der Waals surface area contributed by atoms with Gasteiger partial charge in [-0.25, -0.2) is 8.42 Å². The van der Waals surface area contributed by atoms with Crippen molar-refractivity contribution in [1.82, 2.24) is 4.57 Å². The van der Waals surface area contributed by atoms with Crippen LogP contribution in [0.15, 0.2) is 30.5 Å². The van der Waals surface area contributed by atoms with Crippen molar-refractivity contribution in [1.29, 1.82) is 0 Å². The number of rotatable bonds is 6. The van der Waals surface area contributed by atoms with Crippen LogP contribution in [0.4, 0.5) is 5.69 Å². The first-order valence-corrected chi connectivity index (χ1v) is 8.19. The van der Waals surface area contributed by atoms with Gasteiger partial charge in [-0.2, -0.15) is 0 Å². The van der Waals surface area contributed by atoms with Crippen molar-refractivity contribution in [2.75, 3.05) is 11.5 Å². The molecule has 0 aliphatic heterocycles. The lowest BCUT2D eigenvalue weighted by Gasteiger charge is -2.05. The van der Waals surface area contributed by atoms with Crippen LogP contribution in [0.2, 0.25) is 0 Å². The highest BCUT2D eigenvalue weighted by molar-refractivity contribution is 7.91. The molecule has 6 nitrogen and oxygen atoms in total. The lowest BCUT2D eigenvalue weighted by Crippen LogP contribution is -2.11. The molecule has 2 rings (SSSR count). The zero-order valence-corrected chi connectivity index (χ0v) is 12.0. The monoisotopic (exact) mass is 296 g/mol. The van der Waals surface area contributed by atoms with Gasteiger partial charge in [0.05, 0.1) is 21.6 Å². The van der Waals surface area contributed by atoms with Gasteiger partial charge in [-0.05, 0) is 18.6 Å². The van der Waals surface area contributed by atoms with Crippen LogP contribution >= 0.6 is 0 Å². The number of nitrogens with zero attached hydrogens (tertiary/aromatic N) is 2. The summed E-state index contributed by atoms with van der Waals surface area (Å²) < 4.78 is 24.7. The van der Waals surface area contributed by atoms with Crippen LogP contribution in [-0.2, 0) is 16.4 Å². The maximum absolute atomic E-state index is 11.4. The average Bonchev–Trinajstić information content (AvgIpc) is 2.82. The number of aromatic nitrogens is 1. The molecule has 0 radical (unpaired) electrons. The van der Waals surface area contributed by atoms with E-state index in [0.29, 0.717) is 18.4 Å². The second-order valence-corrected chi connectivity index (χ2v) is 7.04. The van der Waals surface area contributed by atoms with Gasteiger partial charge in [-0.3, -0.25) is 10.1 Å². The minimum Gasteiger partial charge on any atom is -0.347 e. The lowest BCUT2D eigenvalue weighted by atomic mass is 10.2. The number of fused-ring (bicyclic) bond motifs is 1. The van der Waals surface area contributed by atoms with Crippen molar-refractivity contribution in [3.8, 4) is 0 Å². The third kappa shape index (κ3) is 2.98. The number of aryl methyl sites for hydroxylation is 1. The number of nitro groups is 1. The zero-order valence-electron chi connectivity index (χ0n) is 11.2. The molecule has 1 heterocycles. The molecule has 1 aromatic heterocycles. The molecule has 108 valence electrons. The summed E-state index contributed by atoms with van der Waals surface area (Å²) in [5.41, 5.74) is 0.829. The van der Waals surface area contributed by atoms with Crippen LogP contribution < -0.4 is 0 Å². The molecule has 0 amide bonds. The van der Waals surface area contributed by atoms with Crippen molar-refractivity contribution in [2.45, 2.75) is 19.9 Å². The van der Waals surface area contributed by atoms with Crippen LogP contribution in [0, 0.1) is 10.1 Å². The van der Waals surface area contributed by atoms with Gasteiger partial charge >= 0.3 is 0 Å². The van der Waals surface area contributed by atoms with Crippen LogP contribution in [0.25, 0.3) is 10.9 Å². The van der Waals surface area contributed by atoms with Gasteiger partial charge in [0, 0.05) is 24.6 Å². The highest BCUT2D eigenvalue weighted by Crippen LogP contribution is 2.26. The Morgan fingerprint density at radius 2 is 2.05 bits per heavy atom. The first kappa shape index (κ1) is 14.5. The normalized spacial score (nSPS) is 11.8. The van der Waals surface area contributed by atoms with E-state index in [2.05, 4.69) is 0 Å². The Bertz CT molecular complexity index is 734. The largest absolute Gasteiger partial charge is 0.347 e. The topological polar surface area (TPSA) is 82.2 Å². The molecule has 0 N–H and O–H groups in total. The predicted octanol–water partition coefficient (Wildman–Crippen LogP) is 2.37. The van der Waals surface area contributed by atoms with Gasteiger partial charge < -0.3 is 4.57 Å². The summed E-state index contributed by atoms with van der Waals surface area (Å²) in [4.78, 5) is 10.5. The zero-order chi connectivity index (χ0) is 14.8. The predicted molar refractivity (Wildman–Crippen MR) is 77.5 cm³/mol. The summed E-state index contributed by atoms with van der Waals surface area (Å²) in [6.45, 7) is 2.16. The van der Waals surface area contributed by atoms with Gasteiger partial charge in [0.2, 0.25) is 0 Å². The second kappa shape index (κ2) is 5.62. The molecular weight excluding hydrogens is 280 g/mol. The van der Waals surface area contributed by atoms with Gasteiger partial charge in [-0.1, -0.05) is 13.0 Å². The fraction of sp³-hybridized carbons (Fsp3) is 0.385. The molecule has 0 saturated carbocycles. The highest BCUT2D eigenvalue weighted by atomic mass is 32.2. The Labute approximate surface area is 117 Å². The van der Waals surface area contributed by atoms with Crippen molar-refractivity contribution in [2.24, 2.45) is 0 Å². The van der Waals surface area contributed by atoms with E-state index < -0.39 is 14.8 Å². The number of sulfone groups is 1. The Balaban J connectivity index is 2.20. The van der Waals surface area contributed by atoms with E-state index in [4.69, 9.17) is 0 Å². The van der Waals surface area contributed by atoms with E-state index in [1.165, 1.54) is 6.07 Å². The first-order valence-electron chi connectivity index (χ1n) is 6.37. The van der Waals surface area contributed by atoms with E-state index >= 15 is 0 Å². The highest BCUT2D eigenvalue weighted by Gasteiger charge is 2.14. The molecule has 0 spiro atoms. The van der Waals surface area contributed by atoms with Crippen LogP contribution in [-0.4, -0.2) is 29.4 Å². The summed E-state index contributed by atoms with van der Waals surface area (Å²) in [7, 11) is -2.97. The van der Waals surface area contributed by atoms with Crippen LogP contribution in [0.3, 0.4) is 0 Å². The second-order valence-electron chi connectivity index (χ2n) is 4.57. The summed E-state index contributed by atoms with van der Waals surface area (Å²) in [5.74, 6) is 0.281. The molecule has 0 fully saturated rings. The molecule has 20 heavy (non-hydrogen) atoms. The summed E-state index contributed by atoms with van der Waals surface area (Å²) in [6.07, 6.45) is 2.26. The first-order chi connectivity index (χ1) is 9.44. The van der Waals surface area contributed by atoms with Crippen LogP contribution in [0.1, 0.15) is 13.3 Å². The van der Waals surface area contributed by atoms with Gasteiger partial charge in [0.1, 0.15) is 9.84 Å². The maximum Gasteiger partial charge on any atom is 0.278 e. The number of hydrogen-bond acceptors (Lipinski definition) is 4. The Hall–Kier alpha value is -1.89. The molecule has 2 aromatic rings. The minimum atomic E-state index is -2.97. The SMILES string of the molecule is CCS(=O)(=O)CCCn1ccc2c([N+](=O)[O-])cccc21. The smallest absolute Gasteiger partial charge is 0.278 e. The molecule has 7 heteroatoms. The van der Waals surface area contributed by atoms with Gasteiger partial charge in [-0.15, -0.1) is 0 Å². The number of hydrogen-bond donors (Lipinski definition) is 0. The Kier molecular flexibility index (Phi) is 4.08. The van der Waals surface area contributed by atoms with E-state index in [9.17, 15) is 18.5 Å². The summed E-state index contributed by atoms with van der Waals surface area (Å²) in [6, 6.07) is 6.60. The van der Waals surface area contributed by atoms with Gasteiger partial charge in [0.25, 0.3) is 5.69 Å². The van der Waals surface area contributed by atoms with Gasteiger partial charge in [0.15, 0.2) is 0 Å². The maximum atomic E-state index is 11.4. The Morgan fingerprint density at radius 1 is 1.30 bits per heavy atom. The minimum absolute atomic E-state index is 0.0717. The molecule has 0 unspecified atom stereocenters. The average molecular weight is 296 g/mol. The number of benzene rings is 1. The molecule has 0 bridgehead atoms. The number of nitro benzene ring substituents is 1. The molecule has 1 aromatic carbocycles. The fourth-order valence-electron chi connectivity index (χ4n) is 2.16. The fourth-order valence-corrected chi connectivity index (χ4v) is 3.02. The summed E-state index contributed by atoms with van der Waals surface area (Å²) in [5, 5.41) is 11.5. The summed E-state index contributed by atoms with van der Waals surface area (Å²) >= 11 is 0. The quantitative estimate of drug-likeness (QED) is 0.605. The van der Waals surface area contributed by atoms with E-state index in [0.717, 1.165) is 5.52 Å². The third-order valence-electron chi connectivity index (χ3n) is 3.28. The van der Waals surface area contributed by atoms with Crippen molar-refractivity contribution in [3.05, 3.63) is 40.6 Å². The number of non-ortho nitro benzene ring substituents is 1. The molecule has 0 aliphatic carbocycles. The van der Waals surface area contributed by atoms with E-state index in [1.807, 2.05) is 4.57 Å². The standard InChI is InChI=1S/C13H16N2O4S/c1-2-20(18,19)10-4-8-14-9-7-11-12(14)5-3-6-13(11)15(16)17/h3,5-7,9H,2,4,8,10H2,1H3. The molecule has 0 saturated heterocycles. The Morgan fingerprint density at radius 3 is 2.70 bits per heavy atom. The van der Waals surface area contributed by atoms with Crippen LogP contribution in [0.5, 0.6) is 0 Å². The van der Waals surface area contributed by atoms with Crippen molar-refractivity contribution in [3.63, 3.8) is 0 Å². The molecule has 0 atom stereocenters. The molecular formula is C13H16N2O4S. The van der Waals surface area contributed by atoms with Crippen molar-refractivity contribution < 1.29 is 13.3 Å².